The zero-order valence-electron chi connectivity index (χ0n) is 17.7. The van der Waals surface area contributed by atoms with Gasteiger partial charge in [0.05, 0.1) is 51.5 Å². The maximum atomic E-state index is 13.1. The quantitative estimate of drug-likeness (QED) is 0.761. The van der Waals surface area contributed by atoms with Crippen LogP contribution < -0.4 is 10.1 Å². The summed E-state index contributed by atoms with van der Waals surface area (Å²) in [5.74, 6) is 0.648. The van der Waals surface area contributed by atoms with Crippen molar-refractivity contribution in [2.24, 2.45) is 0 Å². The van der Waals surface area contributed by atoms with Crippen LogP contribution in [-0.4, -0.2) is 92.2 Å². The minimum Gasteiger partial charge on any atom is -0.497 e. The third-order valence-electron chi connectivity index (χ3n) is 5.46. The Morgan fingerprint density at radius 1 is 1.30 bits per heavy atom. The summed E-state index contributed by atoms with van der Waals surface area (Å²) in [4.78, 5) is 28.3. The molecule has 0 aromatic heterocycles. The second kappa shape index (κ2) is 10.1. The molecule has 0 spiro atoms. The Morgan fingerprint density at radius 2 is 2.10 bits per heavy atom. The van der Waals surface area contributed by atoms with Gasteiger partial charge in [-0.05, 0) is 25.0 Å². The second-order valence-corrected chi connectivity index (χ2v) is 7.94. The van der Waals surface area contributed by atoms with Crippen LogP contribution in [0.3, 0.4) is 0 Å². The van der Waals surface area contributed by atoms with Gasteiger partial charge in [-0.3, -0.25) is 4.79 Å². The highest BCUT2D eigenvalue weighted by Gasteiger charge is 2.40. The fourth-order valence-corrected chi connectivity index (χ4v) is 3.85. The normalized spacial score (nSPS) is 26.7. The van der Waals surface area contributed by atoms with Crippen LogP contribution in [-0.2, 0) is 14.3 Å². The number of rotatable bonds is 4. The van der Waals surface area contributed by atoms with Crippen molar-refractivity contribution < 1.29 is 28.9 Å². The van der Waals surface area contributed by atoms with Crippen LogP contribution in [0.5, 0.6) is 5.75 Å². The fraction of sp³-hybridized carbons (Fsp3) is 0.619. The molecule has 0 radical (unpaired) electrons. The lowest BCUT2D eigenvalue weighted by Crippen LogP contribution is -2.58. The van der Waals surface area contributed by atoms with Gasteiger partial charge in [-0.25, -0.2) is 4.79 Å². The van der Waals surface area contributed by atoms with Gasteiger partial charge >= 0.3 is 6.03 Å². The molecule has 0 bridgehead atoms. The van der Waals surface area contributed by atoms with Gasteiger partial charge in [0.2, 0.25) is 5.91 Å². The molecule has 3 rings (SSSR count). The smallest absolute Gasteiger partial charge is 0.322 e. The van der Waals surface area contributed by atoms with Crippen molar-refractivity contribution in [3.8, 4) is 5.75 Å². The summed E-state index contributed by atoms with van der Waals surface area (Å²) in [5, 5.41) is 13.1. The molecule has 2 N–H and O–H groups in total. The molecule has 2 heterocycles. The van der Waals surface area contributed by atoms with Gasteiger partial charge in [0.15, 0.2) is 0 Å². The highest BCUT2D eigenvalue weighted by atomic mass is 16.5. The van der Waals surface area contributed by atoms with Gasteiger partial charge in [0.1, 0.15) is 11.9 Å². The molecule has 1 aromatic rings. The van der Waals surface area contributed by atoms with Crippen molar-refractivity contribution in [3.63, 3.8) is 0 Å². The molecule has 1 aromatic carbocycles. The average molecular weight is 421 g/mol. The number of benzene rings is 1. The molecule has 4 atom stereocenters. The Hall–Kier alpha value is -2.36. The highest BCUT2D eigenvalue weighted by Crippen LogP contribution is 2.28. The minimum atomic E-state index is -0.782. The summed E-state index contributed by atoms with van der Waals surface area (Å²) >= 11 is 0. The molecule has 9 heteroatoms. The van der Waals surface area contributed by atoms with Crippen molar-refractivity contribution in [2.75, 3.05) is 46.3 Å². The Bertz CT molecular complexity index is 743. The molecule has 2 aliphatic rings. The molecule has 0 unspecified atom stereocenters. The van der Waals surface area contributed by atoms with Crippen molar-refractivity contribution in [1.29, 1.82) is 0 Å². The van der Waals surface area contributed by atoms with E-state index in [-0.39, 0.29) is 49.9 Å². The average Bonchev–Trinajstić information content (AvgIpc) is 2.71. The fourth-order valence-electron chi connectivity index (χ4n) is 3.85. The number of aliphatic hydroxyl groups excluding tert-OH is 1. The SMILES string of the molecule is COc1cccc(NC(=O)N2C[C@H](O)COC[C@H]3O[C@H](CC(=O)N(C)C)CC[C@@H]32)c1. The maximum Gasteiger partial charge on any atom is 0.322 e. The molecule has 0 aliphatic carbocycles. The summed E-state index contributed by atoms with van der Waals surface area (Å²) in [7, 11) is 5.01. The Labute approximate surface area is 176 Å². The number of methoxy groups -OCH3 is 1. The number of hydrogen-bond acceptors (Lipinski definition) is 6. The van der Waals surface area contributed by atoms with Crippen molar-refractivity contribution in [2.45, 2.75) is 43.6 Å². The van der Waals surface area contributed by atoms with Gasteiger partial charge in [-0.2, -0.15) is 0 Å². The highest BCUT2D eigenvalue weighted by molar-refractivity contribution is 5.89. The zero-order valence-corrected chi connectivity index (χ0v) is 17.7. The lowest BCUT2D eigenvalue weighted by atomic mass is 9.95. The van der Waals surface area contributed by atoms with Crippen molar-refractivity contribution in [3.05, 3.63) is 24.3 Å². The Morgan fingerprint density at radius 3 is 2.83 bits per heavy atom. The molecule has 166 valence electrons. The van der Waals surface area contributed by atoms with E-state index in [0.29, 0.717) is 30.7 Å². The van der Waals surface area contributed by atoms with E-state index < -0.39 is 6.10 Å². The molecule has 9 nitrogen and oxygen atoms in total. The first kappa shape index (κ1) is 22.3. The molecule has 3 amide bonds. The van der Waals surface area contributed by atoms with Crippen LogP contribution in [0.4, 0.5) is 10.5 Å². The lowest BCUT2D eigenvalue weighted by molar-refractivity contribution is -0.153. The molecular formula is C21H31N3O6. The van der Waals surface area contributed by atoms with Crippen LogP contribution >= 0.6 is 0 Å². The van der Waals surface area contributed by atoms with E-state index in [9.17, 15) is 14.7 Å². The number of β-amino-alcohol motifs (C(OH)–C–C–N with tert-alkyl or cyclic N) is 1. The van der Waals surface area contributed by atoms with Crippen LogP contribution in [0, 0.1) is 0 Å². The Kier molecular flexibility index (Phi) is 7.52. The molecule has 2 aliphatic heterocycles. The van der Waals surface area contributed by atoms with E-state index in [1.54, 1.807) is 55.3 Å². The summed E-state index contributed by atoms with van der Waals surface area (Å²) in [6.07, 6.45) is 0.265. The third kappa shape index (κ3) is 5.62. The molecule has 2 fully saturated rings. The topological polar surface area (TPSA) is 101 Å². The van der Waals surface area contributed by atoms with E-state index >= 15 is 0 Å². The van der Waals surface area contributed by atoms with E-state index in [0.717, 1.165) is 0 Å². The summed E-state index contributed by atoms with van der Waals surface area (Å²) < 4.78 is 17.0. The van der Waals surface area contributed by atoms with Gasteiger partial charge in [-0.1, -0.05) is 6.07 Å². The summed E-state index contributed by atoms with van der Waals surface area (Å²) in [6, 6.07) is 6.54. The summed E-state index contributed by atoms with van der Waals surface area (Å²) in [6.45, 7) is 0.524. The van der Waals surface area contributed by atoms with Crippen LogP contribution in [0.1, 0.15) is 19.3 Å². The maximum absolute atomic E-state index is 13.1. The number of fused-ring (bicyclic) bond motifs is 1. The van der Waals surface area contributed by atoms with E-state index in [1.807, 2.05) is 0 Å². The first-order valence-electron chi connectivity index (χ1n) is 10.2. The monoisotopic (exact) mass is 421 g/mol. The number of aliphatic hydroxyl groups is 1. The number of nitrogens with one attached hydrogen (secondary N) is 1. The largest absolute Gasteiger partial charge is 0.497 e. The first-order chi connectivity index (χ1) is 14.4. The number of anilines is 1. The van der Waals surface area contributed by atoms with Gasteiger partial charge in [0.25, 0.3) is 0 Å². The third-order valence-corrected chi connectivity index (χ3v) is 5.46. The van der Waals surface area contributed by atoms with E-state index in [2.05, 4.69) is 5.32 Å². The number of nitrogens with zero attached hydrogens (tertiary/aromatic N) is 2. The Balaban J connectivity index is 1.71. The number of carbonyl (C=O) groups excluding carboxylic acids is 2. The number of ether oxygens (including phenoxy) is 3. The summed E-state index contributed by atoms with van der Waals surface area (Å²) in [5.41, 5.74) is 0.606. The molecule has 0 saturated carbocycles. The minimum absolute atomic E-state index is 0.00765. The first-order valence-corrected chi connectivity index (χ1v) is 10.2. The van der Waals surface area contributed by atoms with Crippen molar-refractivity contribution in [1.82, 2.24) is 9.80 Å². The van der Waals surface area contributed by atoms with E-state index in [4.69, 9.17) is 14.2 Å². The number of urea groups is 1. The van der Waals surface area contributed by atoms with Crippen LogP contribution in [0.25, 0.3) is 0 Å². The number of amides is 3. The standard InChI is InChI=1S/C21H31N3O6/c1-23(2)20(26)10-17-7-8-18-19(30-17)13-29-12-15(25)11-24(18)21(27)22-14-5-4-6-16(9-14)28-3/h4-6,9,15,17-19,25H,7-8,10-13H2,1-3H3,(H,22,27)/t15-,17-,18-,19+/m0/s1. The zero-order chi connectivity index (χ0) is 21.7. The van der Waals surface area contributed by atoms with Gasteiger partial charge < -0.3 is 34.4 Å². The number of hydrogen-bond donors (Lipinski definition) is 2. The predicted molar refractivity (Wildman–Crippen MR) is 111 cm³/mol. The number of carbonyl (C=O) groups is 2. The molecule has 30 heavy (non-hydrogen) atoms. The van der Waals surface area contributed by atoms with Crippen molar-refractivity contribution >= 4 is 17.6 Å². The van der Waals surface area contributed by atoms with Gasteiger partial charge in [-0.15, -0.1) is 0 Å². The lowest BCUT2D eigenvalue weighted by Gasteiger charge is -2.44. The molecule has 2 saturated heterocycles. The molecular weight excluding hydrogens is 390 g/mol. The van der Waals surface area contributed by atoms with Crippen LogP contribution in [0.2, 0.25) is 0 Å². The van der Waals surface area contributed by atoms with E-state index in [1.165, 1.54) is 0 Å². The predicted octanol–water partition coefficient (Wildman–Crippen LogP) is 1.31. The van der Waals surface area contributed by atoms with Gasteiger partial charge in [0, 0.05) is 25.8 Å². The van der Waals surface area contributed by atoms with Crippen LogP contribution in [0.15, 0.2) is 24.3 Å². The second-order valence-electron chi connectivity index (χ2n) is 7.94.